The Hall–Kier alpha value is -2.68. The number of carbonyl (C=O) groups excluding carboxylic acids is 1. The van der Waals surface area contributed by atoms with Gasteiger partial charge in [0.2, 0.25) is 5.91 Å². The maximum Gasteiger partial charge on any atom is 0.263 e. The fraction of sp³-hybridized carbons (Fsp3) is 0.500. The van der Waals surface area contributed by atoms with Crippen molar-refractivity contribution in [1.82, 2.24) is 19.8 Å². The van der Waals surface area contributed by atoms with Crippen LogP contribution in [0.25, 0.3) is 0 Å². The molecular formula is C22H31N5O3S. The van der Waals surface area contributed by atoms with E-state index in [4.69, 9.17) is 0 Å². The molecule has 2 unspecified atom stereocenters. The van der Waals surface area contributed by atoms with Crippen LogP contribution < -0.4 is 10.0 Å². The Kier molecular flexibility index (Phi) is 7.15. The highest BCUT2D eigenvalue weighted by atomic mass is 32.2. The Bertz CT molecular complexity index is 1070. The van der Waals surface area contributed by atoms with E-state index in [9.17, 15) is 13.2 Å². The van der Waals surface area contributed by atoms with Crippen molar-refractivity contribution in [2.45, 2.75) is 64.4 Å². The Morgan fingerprint density at radius 2 is 2.03 bits per heavy atom. The number of nitrogens with one attached hydrogen (secondary N) is 2. The standard InChI is InChI=1S/C22H31N5O3S/c1-5-6-10-19(24-21-18-9-7-8-11-20(18)31(29,30)26-21)22(28)23-13-15(2)14-27-17(4)12-16(3)25-27/h7-9,11-12,15,19H,5-6,10,13-14H2,1-4H3,(H,23,28)(H,24,26). The van der Waals surface area contributed by atoms with Crippen LogP contribution in [0, 0.1) is 19.8 Å². The van der Waals surface area contributed by atoms with Gasteiger partial charge in [0.05, 0.1) is 10.6 Å². The van der Waals surface area contributed by atoms with Gasteiger partial charge in [0.15, 0.2) is 0 Å². The van der Waals surface area contributed by atoms with Crippen LogP contribution in [0.3, 0.4) is 0 Å². The van der Waals surface area contributed by atoms with Crippen LogP contribution in [-0.4, -0.2) is 42.5 Å². The van der Waals surface area contributed by atoms with E-state index in [1.165, 1.54) is 0 Å². The number of amides is 1. The van der Waals surface area contributed by atoms with E-state index in [-0.39, 0.29) is 22.6 Å². The summed E-state index contributed by atoms with van der Waals surface area (Å²) in [4.78, 5) is 17.6. The average Bonchev–Trinajstić information content (AvgIpc) is 3.17. The number of benzene rings is 1. The summed E-state index contributed by atoms with van der Waals surface area (Å²) in [6.45, 7) is 9.29. The number of unbranched alkanes of at least 4 members (excludes halogenated alkanes) is 1. The number of rotatable bonds is 9. The van der Waals surface area contributed by atoms with Crippen molar-refractivity contribution >= 4 is 21.8 Å². The van der Waals surface area contributed by atoms with Gasteiger partial charge >= 0.3 is 0 Å². The number of amidine groups is 1. The van der Waals surface area contributed by atoms with Gasteiger partial charge in [-0.15, -0.1) is 0 Å². The molecule has 2 aromatic rings. The summed E-state index contributed by atoms with van der Waals surface area (Å²) >= 11 is 0. The quantitative estimate of drug-likeness (QED) is 0.619. The van der Waals surface area contributed by atoms with E-state index >= 15 is 0 Å². The fourth-order valence-corrected chi connectivity index (χ4v) is 4.89. The van der Waals surface area contributed by atoms with E-state index in [1.54, 1.807) is 24.3 Å². The van der Waals surface area contributed by atoms with Crippen LogP contribution in [0.5, 0.6) is 0 Å². The molecule has 1 aromatic carbocycles. The van der Waals surface area contributed by atoms with Crippen LogP contribution in [0.15, 0.2) is 40.2 Å². The van der Waals surface area contributed by atoms with Crippen molar-refractivity contribution in [3.63, 3.8) is 0 Å². The molecule has 168 valence electrons. The Labute approximate surface area is 184 Å². The second kappa shape index (κ2) is 9.64. The number of hydrogen-bond donors (Lipinski definition) is 2. The Balaban J connectivity index is 1.70. The third kappa shape index (κ3) is 5.52. The molecule has 0 spiro atoms. The van der Waals surface area contributed by atoms with Crippen LogP contribution in [0.2, 0.25) is 0 Å². The number of aliphatic imine (C=N–C) groups is 1. The van der Waals surface area contributed by atoms with Crippen molar-refractivity contribution in [1.29, 1.82) is 0 Å². The summed E-state index contributed by atoms with van der Waals surface area (Å²) in [7, 11) is -3.63. The first kappa shape index (κ1) is 23.0. The summed E-state index contributed by atoms with van der Waals surface area (Å²) in [6, 6.07) is 8.07. The van der Waals surface area contributed by atoms with Crippen molar-refractivity contribution in [3.05, 3.63) is 47.3 Å². The topological polar surface area (TPSA) is 105 Å². The molecule has 8 nitrogen and oxygen atoms in total. The predicted octanol–water partition coefficient (Wildman–Crippen LogP) is 2.55. The third-order valence-electron chi connectivity index (χ3n) is 5.29. The van der Waals surface area contributed by atoms with Crippen LogP contribution in [-0.2, 0) is 21.4 Å². The summed E-state index contributed by atoms with van der Waals surface area (Å²) in [5, 5.41) is 7.47. The lowest BCUT2D eigenvalue weighted by atomic mass is 10.1. The zero-order valence-corrected chi connectivity index (χ0v) is 19.4. The molecule has 1 aromatic heterocycles. The lowest BCUT2D eigenvalue weighted by molar-refractivity contribution is -0.122. The van der Waals surface area contributed by atoms with Crippen molar-refractivity contribution < 1.29 is 13.2 Å². The zero-order valence-electron chi connectivity index (χ0n) is 18.6. The summed E-state index contributed by atoms with van der Waals surface area (Å²) < 4.78 is 29.1. The zero-order chi connectivity index (χ0) is 22.6. The molecular weight excluding hydrogens is 414 g/mol. The molecule has 0 radical (unpaired) electrons. The van der Waals surface area contributed by atoms with Crippen molar-refractivity contribution in [3.8, 4) is 0 Å². The number of aryl methyl sites for hydroxylation is 2. The highest BCUT2D eigenvalue weighted by Gasteiger charge is 2.31. The molecule has 0 saturated heterocycles. The minimum Gasteiger partial charge on any atom is -0.354 e. The van der Waals surface area contributed by atoms with Crippen molar-refractivity contribution in [2.75, 3.05) is 6.54 Å². The highest BCUT2D eigenvalue weighted by molar-refractivity contribution is 7.90. The summed E-state index contributed by atoms with van der Waals surface area (Å²) in [5.41, 5.74) is 2.58. The number of hydrogen-bond acceptors (Lipinski definition) is 5. The normalized spacial score (nSPS) is 17.7. The first-order valence-corrected chi connectivity index (χ1v) is 12.2. The van der Waals surface area contributed by atoms with E-state index < -0.39 is 16.1 Å². The van der Waals surface area contributed by atoms with Gasteiger partial charge < -0.3 is 5.32 Å². The van der Waals surface area contributed by atoms with Gasteiger partial charge in [0.25, 0.3) is 10.0 Å². The van der Waals surface area contributed by atoms with Gasteiger partial charge in [-0.2, -0.15) is 5.10 Å². The van der Waals surface area contributed by atoms with Crippen LogP contribution in [0.1, 0.15) is 50.1 Å². The van der Waals surface area contributed by atoms with Crippen molar-refractivity contribution in [2.24, 2.45) is 10.9 Å². The molecule has 2 heterocycles. The SMILES string of the molecule is CCCCC(N=C1NS(=O)(=O)c2ccccc21)C(=O)NCC(C)Cn1nc(C)cc1C. The first-order chi connectivity index (χ1) is 14.7. The Morgan fingerprint density at radius 1 is 1.29 bits per heavy atom. The minimum absolute atomic E-state index is 0.187. The van der Waals surface area contributed by atoms with Crippen LogP contribution >= 0.6 is 0 Å². The van der Waals surface area contributed by atoms with Gasteiger partial charge in [0.1, 0.15) is 11.9 Å². The third-order valence-corrected chi connectivity index (χ3v) is 6.69. The average molecular weight is 446 g/mol. The number of nitrogens with zero attached hydrogens (tertiary/aromatic N) is 3. The van der Waals surface area contributed by atoms with Gasteiger partial charge in [0, 0.05) is 24.3 Å². The molecule has 1 aliphatic rings. The molecule has 1 amide bonds. The Morgan fingerprint density at radius 3 is 2.71 bits per heavy atom. The lowest BCUT2D eigenvalue weighted by Crippen LogP contribution is -2.38. The fourth-order valence-electron chi connectivity index (χ4n) is 3.65. The van der Waals surface area contributed by atoms with Crippen LogP contribution in [0.4, 0.5) is 0 Å². The predicted molar refractivity (Wildman–Crippen MR) is 120 cm³/mol. The van der Waals surface area contributed by atoms with E-state index in [0.29, 0.717) is 25.1 Å². The van der Waals surface area contributed by atoms with Gasteiger partial charge in [-0.1, -0.05) is 38.8 Å². The second-order valence-corrected chi connectivity index (χ2v) is 9.85. The molecule has 0 fully saturated rings. The minimum atomic E-state index is -3.63. The van der Waals surface area contributed by atoms with E-state index in [0.717, 1.165) is 24.2 Å². The molecule has 2 atom stereocenters. The number of sulfonamides is 1. The summed E-state index contributed by atoms with van der Waals surface area (Å²) in [6.07, 6.45) is 2.30. The number of fused-ring (bicyclic) bond motifs is 1. The first-order valence-electron chi connectivity index (χ1n) is 10.7. The second-order valence-electron chi connectivity index (χ2n) is 8.20. The van der Waals surface area contributed by atoms with Gasteiger partial charge in [-0.3, -0.25) is 19.2 Å². The lowest BCUT2D eigenvalue weighted by Gasteiger charge is -2.17. The molecule has 0 aliphatic carbocycles. The molecule has 9 heteroatoms. The number of carbonyl (C=O) groups is 1. The van der Waals surface area contributed by atoms with E-state index in [2.05, 4.69) is 27.1 Å². The van der Waals surface area contributed by atoms with Gasteiger partial charge in [-0.25, -0.2) is 8.42 Å². The molecule has 31 heavy (non-hydrogen) atoms. The molecule has 0 bridgehead atoms. The maximum atomic E-state index is 12.9. The summed E-state index contributed by atoms with van der Waals surface area (Å²) in [5.74, 6) is 0.236. The molecule has 2 N–H and O–H groups in total. The largest absolute Gasteiger partial charge is 0.354 e. The maximum absolute atomic E-state index is 12.9. The molecule has 0 saturated carbocycles. The molecule has 3 rings (SSSR count). The monoisotopic (exact) mass is 445 g/mol. The smallest absolute Gasteiger partial charge is 0.263 e. The highest BCUT2D eigenvalue weighted by Crippen LogP contribution is 2.23. The number of aromatic nitrogens is 2. The van der Waals surface area contributed by atoms with Gasteiger partial charge in [-0.05, 0) is 44.4 Å². The van der Waals surface area contributed by atoms with E-state index in [1.807, 2.05) is 31.5 Å². The molecule has 1 aliphatic heterocycles.